The molecule has 3 atom stereocenters. The summed E-state index contributed by atoms with van der Waals surface area (Å²) in [7, 11) is 0. The molecule has 0 saturated carbocycles. The van der Waals surface area contributed by atoms with Gasteiger partial charge in [0.05, 0.1) is 6.10 Å². The largest absolute Gasteiger partial charge is 0.451 e. The number of carbonyl (C=O) groups excluding carboxylic acids is 2. The second kappa shape index (κ2) is 2.60. The van der Waals surface area contributed by atoms with Crippen LogP contribution in [0.1, 0.15) is 6.92 Å². The molecule has 0 aromatic rings. The minimum Gasteiger partial charge on any atom is -0.451 e. The van der Waals surface area contributed by atoms with E-state index >= 15 is 0 Å². The third-order valence-electron chi connectivity index (χ3n) is 1.50. The highest BCUT2D eigenvalue weighted by atomic mass is 16.6. The topological polar surface area (TPSA) is 83.8 Å². The zero-order valence-electron chi connectivity index (χ0n) is 5.85. The molecule has 0 aromatic carbocycles. The maximum absolute atomic E-state index is 10.6. The fourth-order valence-corrected chi connectivity index (χ4v) is 0.878. The van der Waals surface area contributed by atoms with Crippen molar-refractivity contribution in [3.05, 3.63) is 0 Å². The summed E-state index contributed by atoms with van der Waals surface area (Å²) in [5.41, 5.74) is 0. The van der Waals surface area contributed by atoms with Crippen molar-refractivity contribution in [3.63, 3.8) is 0 Å². The van der Waals surface area contributed by atoms with Crippen LogP contribution < -0.4 is 0 Å². The van der Waals surface area contributed by atoms with Gasteiger partial charge in [-0.15, -0.1) is 0 Å². The van der Waals surface area contributed by atoms with Crippen molar-refractivity contribution in [1.82, 2.24) is 0 Å². The molecule has 0 amide bonds. The SMILES string of the molecule is CC(O)C1OC(=O)C(=O)C1O. The van der Waals surface area contributed by atoms with Crippen molar-refractivity contribution in [3.8, 4) is 0 Å². The summed E-state index contributed by atoms with van der Waals surface area (Å²) in [5.74, 6) is -2.07. The van der Waals surface area contributed by atoms with Gasteiger partial charge in [-0.25, -0.2) is 4.79 Å². The normalized spacial score (nSPS) is 33.7. The van der Waals surface area contributed by atoms with E-state index in [9.17, 15) is 9.59 Å². The van der Waals surface area contributed by atoms with Gasteiger partial charge in [0.15, 0.2) is 12.2 Å². The molecular formula is C6H8O5. The number of hydrogen-bond donors (Lipinski definition) is 2. The number of ketones is 1. The zero-order valence-corrected chi connectivity index (χ0v) is 5.85. The Balaban J connectivity index is 2.75. The predicted molar refractivity (Wildman–Crippen MR) is 32.6 cm³/mol. The molecule has 3 unspecified atom stereocenters. The van der Waals surface area contributed by atoms with E-state index in [0.717, 1.165) is 0 Å². The van der Waals surface area contributed by atoms with Crippen molar-refractivity contribution in [2.24, 2.45) is 0 Å². The quantitative estimate of drug-likeness (QED) is 0.350. The lowest BCUT2D eigenvalue weighted by atomic mass is 10.1. The number of ether oxygens (including phenoxy) is 1. The highest BCUT2D eigenvalue weighted by molar-refractivity contribution is 6.37. The lowest BCUT2D eigenvalue weighted by Crippen LogP contribution is -2.34. The van der Waals surface area contributed by atoms with Crippen molar-refractivity contribution in [2.45, 2.75) is 25.2 Å². The smallest absolute Gasteiger partial charge is 0.378 e. The second-order valence-corrected chi connectivity index (χ2v) is 2.42. The van der Waals surface area contributed by atoms with Crippen LogP contribution in [0.5, 0.6) is 0 Å². The molecule has 5 heteroatoms. The fourth-order valence-electron chi connectivity index (χ4n) is 0.878. The first kappa shape index (κ1) is 8.16. The summed E-state index contributed by atoms with van der Waals surface area (Å²) in [5, 5.41) is 17.8. The number of rotatable bonds is 1. The van der Waals surface area contributed by atoms with Gasteiger partial charge < -0.3 is 14.9 Å². The minimum atomic E-state index is -1.51. The molecule has 0 aliphatic carbocycles. The van der Waals surface area contributed by atoms with Crippen LogP contribution in [-0.4, -0.2) is 40.3 Å². The molecule has 11 heavy (non-hydrogen) atoms. The molecule has 2 N–H and O–H groups in total. The number of aliphatic hydroxyl groups is 2. The first-order valence-electron chi connectivity index (χ1n) is 3.15. The predicted octanol–water partition coefficient (Wildman–Crippen LogP) is -1.78. The van der Waals surface area contributed by atoms with Gasteiger partial charge in [-0.3, -0.25) is 4.79 Å². The summed E-state index contributed by atoms with van der Waals surface area (Å²) in [6, 6.07) is 0. The highest BCUT2D eigenvalue weighted by Crippen LogP contribution is 2.14. The van der Waals surface area contributed by atoms with Crippen molar-refractivity contribution < 1.29 is 24.5 Å². The Morgan fingerprint density at radius 2 is 2.09 bits per heavy atom. The molecule has 0 spiro atoms. The second-order valence-electron chi connectivity index (χ2n) is 2.42. The van der Waals surface area contributed by atoms with Crippen LogP contribution in [0.4, 0.5) is 0 Å². The van der Waals surface area contributed by atoms with Crippen LogP contribution in [0.3, 0.4) is 0 Å². The highest BCUT2D eigenvalue weighted by Gasteiger charge is 2.44. The number of hydrogen-bond acceptors (Lipinski definition) is 5. The van der Waals surface area contributed by atoms with Crippen molar-refractivity contribution in [1.29, 1.82) is 0 Å². The lowest BCUT2D eigenvalue weighted by Gasteiger charge is -2.13. The van der Waals surface area contributed by atoms with Gasteiger partial charge in [-0.2, -0.15) is 0 Å². The Kier molecular flexibility index (Phi) is 1.92. The average molecular weight is 160 g/mol. The first-order valence-corrected chi connectivity index (χ1v) is 3.15. The molecule has 1 heterocycles. The summed E-state index contributed by atoms with van der Waals surface area (Å²) in [4.78, 5) is 21.0. The summed E-state index contributed by atoms with van der Waals surface area (Å²) < 4.78 is 4.36. The Morgan fingerprint density at radius 1 is 1.55 bits per heavy atom. The van der Waals surface area contributed by atoms with Gasteiger partial charge in [0.2, 0.25) is 0 Å². The molecule has 1 aliphatic heterocycles. The van der Waals surface area contributed by atoms with E-state index in [-0.39, 0.29) is 0 Å². The summed E-state index contributed by atoms with van der Waals surface area (Å²) in [6.07, 6.45) is -3.64. The number of Topliss-reactive ketones (excluding diaryl/α,β-unsaturated/α-hetero) is 1. The summed E-state index contributed by atoms with van der Waals surface area (Å²) >= 11 is 0. The standard InChI is InChI=1S/C6H8O5/c1-2(7)5-3(8)4(9)6(10)11-5/h2-3,5,7-8H,1H3. The van der Waals surface area contributed by atoms with E-state index in [1.807, 2.05) is 0 Å². The summed E-state index contributed by atoms with van der Waals surface area (Å²) in [6.45, 7) is 1.33. The number of esters is 1. The minimum absolute atomic E-state index is 0.990. The maximum atomic E-state index is 10.6. The molecule has 1 fully saturated rings. The first-order chi connectivity index (χ1) is 5.04. The third kappa shape index (κ3) is 1.24. The molecule has 1 aliphatic rings. The number of aliphatic hydroxyl groups excluding tert-OH is 2. The fraction of sp³-hybridized carbons (Fsp3) is 0.667. The zero-order chi connectivity index (χ0) is 8.59. The van der Waals surface area contributed by atoms with E-state index < -0.39 is 30.1 Å². The Morgan fingerprint density at radius 3 is 2.27 bits per heavy atom. The Labute approximate surface area is 62.6 Å². The Hall–Kier alpha value is -0.940. The van der Waals surface area contributed by atoms with Crippen LogP contribution in [0.15, 0.2) is 0 Å². The van der Waals surface area contributed by atoms with E-state index in [1.165, 1.54) is 6.92 Å². The van der Waals surface area contributed by atoms with E-state index in [4.69, 9.17) is 10.2 Å². The van der Waals surface area contributed by atoms with Gasteiger partial charge in [-0.05, 0) is 6.92 Å². The third-order valence-corrected chi connectivity index (χ3v) is 1.50. The van der Waals surface area contributed by atoms with Gasteiger partial charge in [0.25, 0.3) is 5.78 Å². The van der Waals surface area contributed by atoms with Crippen LogP contribution in [-0.2, 0) is 14.3 Å². The molecule has 62 valence electrons. The van der Waals surface area contributed by atoms with E-state index in [0.29, 0.717) is 0 Å². The monoisotopic (exact) mass is 160 g/mol. The van der Waals surface area contributed by atoms with Gasteiger partial charge in [0, 0.05) is 0 Å². The van der Waals surface area contributed by atoms with Crippen molar-refractivity contribution >= 4 is 11.8 Å². The van der Waals surface area contributed by atoms with Crippen LogP contribution in [0, 0.1) is 0 Å². The molecule has 1 saturated heterocycles. The number of carbonyl (C=O) groups is 2. The van der Waals surface area contributed by atoms with Gasteiger partial charge in [0.1, 0.15) is 0 Å². The van der Waals surface area contributed by atoms with Gasteiger partial charge in [-0.1, -0.05) is 0 Å². The Bertz CT molecular complexity index is 197. The molecule has 0 radical (unpaired) electrons. The molecule has 1 rings (SSSR count). The van der Waals surface area contributed by atoms with Crippen LogP contribution in [0.25, 0.3) is 0 Å². The molecule has 5 nitrogen and oxygen atoms in total. The van der Waals surface area contributed by atoms with Crippen LogP contribution >= 0.6 is 0 Å². The lowest BCUT2D eigenvalue weighted by molar-refractivity contribution is -0.150. The molecule has 0 aromatic heterocycles. The maximum Gasteiger partial charge on any atom is 0.378 e. The number of cyclic esters (lactones) is 1. The average Bonchev–Trinajstić information content (AvgIpc) is 2.17. The molecular weight excluding hydrogens is 152 g/mol. The van der Waals surface area contributed by atoms with E-state index in [1.54, 1.807) is 0 Å². The van der Waals surface area contributed by atoms with Crippen molar-refractivity contribution in [2.75, 3.05) is 0 Å². The van der Waals surface area contributed by atoms with E-state index in [2.05, 4.69) is 4.74 Å². The van der Waals surface area contributed by atoms with Crippen LogP contribution in [0.2, 0.25) is 0 Å². The van der Waals surface area contributed by atoms with Gasteiger partial charge >= 0.3 is 5.97 Å². The molecule has 0 bridgehead atoms.